The molecule has 1 saturated carbocycles. The third-order valence-corrected chi connectivity index (χ3v) is 3.09. The first-order valence-corrected chi connectivity index (χ1v) is 5.60. The third kappa shape index (κ3) is 1.65. The molecule has 1 heterocycles. The molecular weight excluding hydrogens is 200 g/mol. The molecule has 3 rings (SSSR count). The van der Waals surface area contributed by atoms with Gasteiger partial charge < -0.3 is 0 Å². The zero-order valence-corrected chi connectivity index (χ0v) is 8.93. The molecule has 1 fully saturated rings. The van der Waals surface area contributed by atoms with E-state index in [0.29, 0.717) is 5.56 Å². The monoisotopic (exact) mass is 212 g/mol. The standard InChI is InChI=1S/C12H12N4/c13-8-10-3-4-11-12(7-10)16(15-14-11)6-5-9-1-2-9/h3-4,7,9H,1-2,5-6H2. The van der Waals surface area contributed by atoms with Gasteiger partial charge in [-0.15, -0.1) is 5.10 Å². The largest absolute Gasteiger partial charge is 0.245 e. The molecule has 0 amide bonds. The first kappa shape index (κ1) is 9.34. The smallest absolute Gasteiger partial charge is 0.113 e. The van der Waals surface area contributed by atoms with Crippen LogP contribution >= 0.6 is 0 Å². The zero-order valence-electron chi connectivity index (χ0n) is 8.93. The van der Waals surface area contributed by atoms with Crippen LogP contribution in [-0.2, 0) is 6.54 Å². The lowest BCUT2D eigenvalue weighted by Gasteiger charge is -2.00. The fourth-order valence-electron chi connectivity index (χ4n) is 1.91. The Morgan fingerprint density at radius 3 is 3.06 bits per heavy atom. The molecule has 4 heteroatoms. The highest BCUT2D eigenvalue weighted by molar-refractivity contribution is 5.75. The van der Waals surface area contributed by atoms with Gasteiger partial charge in [-0.25, -0.2) is 4.68 Å². The number of hydrogen-bond acceptors (Lipinski definition) is 3. The Hall–Kier alpha value is -1.89. The minimum absolute atomic E-state index is 0.669. The van der Waals surface area contributed by atoms with Crippen molar-refractivity contribution in [1.29, 1.82) is 5.26 Å². The van der Waals surface area contributed by atoms with Gasteiger partial charge in [0.15, 0.2) is 0 Å². The molecule has 1 aliphatic carbocycles. The topological polar surface area (TPSA) is 54.5 Å². The van der Waals surface area contributed by atoms with E-state index in [9.17, 15) is 0 Å². The highest BCUT2D eigenvalue weighted by atomic mass is 15.4. The first-order chi connectivity index (χ1) is 7.86. The number of aryl methyl sites for hydroxylation is 1. The molecule has 0 radical (unpaired) electrons. The van der Waals surface area contributed by atoms with E-state index in [0.717, 1.165) is 23.5 Å². The quantitative estimate of drug-likeness (QED) is 0.782. The summed E-state index contributed by atoms with van der Waals surface area (Å²) in [6.07, 6.45) is 3.89. The summed E-state index contributed by atoms with van der Waals surface area (Å²) in [6.45, 7) is 0.913. The van der Waals surface area contributed by atoms with Crippen molar-refractivity contribution in [3.63, 3.8) is 0 Å². The Morgan fingerprint density at radius 2 is 2.31 bits per heavy atom. The zero-order chi connectivity index (χ0) is 11.0. The molecule has 0 saturated heterocycles. The molecule has 4 nitrogen and oxygen atoms in total. The minimum atomic E-state index is 0.669. The van der Waals surface area contributed by atoms with Crippen molar-refractivity contribution < 1.29 is 0 Å². The van der Waals surface area contributed by atoms with Crippen LogP contribution in [-0.4, -0.2) is 15.0 Å². The molecule has 0 spiro atoms. The van der Waals surface area contributed by atoms with E-state index in [4.69, 9.17) is 5.26 Å². The molecule has 16 heavy (non-hydrogen) atoms. The maximum Gasteiger partial charge on any atom is 0.113 e. The van der Waals surface area contributed by atoms with E-state index in [1.807, 2.05) is 16.8 Å². The van der Waals surface area contributed by atoms with E-state index >= 15 is 0 Å². The molecule has 0 aliphatic heterocycles. The number of nitrogens with zero attached hydrogens (tertiary/aromatic N) is 4. The average Bonchev–Trinajstić information content (AvgIpc) is 3.06. The van der Waals surface area contributed by atoms with Crippen molar-refractivity contribution in [3.8, 4) is 6.07 Å². The number of rotatable bonds is 3. The van der Waals surface area contributed by atoms with Crippen molar-refractivity contribution in [2.24, 2.45) is 5.92 Å². The van der Waals surface area contributed by atoms with Crippen LogP contribution in [0.2, 0.25) is 0 Å². The van der Waals surface area contributed by atoms with E-state index in [-0.39, 0.29) is 0 Å². The Kier molecular flexibility index (Phi) is 2.10. The predicted octanol–water partition coefficient (Wildman–Crippen LogP) is 2.10. The van der Waals surface area contributed by atoms with Gasteiger partial charge in [-0.3, -0.25) is 0 Å². The maximum atomic E-state index is 8.85. The molecule has 0 bridgehead atoms. The van der Waals surface area contributed by atoms with Crippen LogP contribution in [0.5, 0.6) is 0 Å². The van der Waals surface area contributed by atoms with Gasteiger partial charge in [0.2, 0.25) is 0 Å². The van der Waals surface area contributed by atoms with Crippen molar-refractivity contribution >= 4 is 11.0 Å². The molecule has 0 N–H and O–H groups in total. The Labute approximate surface area is 93.5 Å². The third-order valence-electron chi connectivity index (χ3n) is 3.09. The molecule has 0 atom stereocenters. The van der Waals surface area contributed by atoms with E-state index in [1.54, 1.807) is 6.07 Å². The van der Waals surface area contributed by atoms with E-state index < -0.39 is 0 Å². The molecular formula is C12H12N4. The van der Waals surface area contributed by atoms with Crippen molar-refractivity contribution in [1.82, 2.24) is 15.0 Å². The van der Waals surface area contributed by atoms with Crippen molar-refractivity contribution in [3.05, 3.63) is 23.8 Å². The fourth-order valence-corrected chi connectivity index (χ4v) is 1.91. The highest BCUT2D eigenvalue weighted by Gasteiger charge is 2.21. The van der Waals surface area contributed by atoms with E-state index in [2.05, 4.69) is 16.4 Å². The average molecular weight is 212 g/mol. The SMILES string of the molecule is N#Cc1ccc2nnn(CCC3CC3)c2c1. The number of nitriles is 1. The molecule has 80 valence electrons. The molecule has 2 aromatic rings. The summed E-state index contributed by atoms with van der Waals surface area (Å²) in [5, 5.41) is 17.1. The van der Waals surface area contributed by atoms with Gasteiger partial charge >= 0.3 is 0 Å². The van der Waals surface area contributed by atoms with Crippen molar-refractivity contribution in [2.45, 2.75) is 25.8 Å². The van der Waals surface area contributed by atoms with Gasteiger partial charge in [-0.05, 0) is 30.5 Å². The molecule has 1 aromatic carbocycles. The summed E-state index contributed by atoms with van der Waals surface area (Å²) in [4.78, 5) is 0. The van der Waals surface area contributed by atoms with Crippen LogP contribution in [0.25, 0.3) is 11.0 Å². The second-order valence-corrected chi connectivity index (χ2v) is 4.36. The summed E-state index contributed by atoms with van der Waals surface area (Å²) in [5.74, 6) is 0.887. The number of benzene rings is 1. The number of fused-ring (bicyclic) bond motifs is 1. The highest BCUT2D eigenvalue weighted by Crippen LogP contribution is 2.32. The minimum Gasteiger partial charge on any atom is -0.245 e. The lowest BCUT2D eigenvalue weighted by molar-refractivity contribution is 0.544. The second kappa shape index (κ2) is 3.60. The van der Waals surface area contributed by atoms with Crippen LogP contribution in [0.15, 0.2) is 18.2 Å². The summed E-state index contributed by atoms with van der Waals surface area (Å²) in [6, 6.07) is 7.64. The fraction of sp³-hybridized carbons (Fsp3) is 0.417. The Balaban J connectivity index is 1.93. The Bertz CT molecular complexity index is 560. The second-order valence-electron chi connectivity index (χ2n) is 4.36. The van der Waals surface area contributed by atoms with Gasteiger partial charge in [0, 0.05) is 6.54 Å². The van der Waals surface area contributed by atoms with Gasteiger partial charge in [0.05, 0.1) is 17.1 Å². The van der Waals surface area contributed by atoms with Crippen molar-refractivity contribution in [2.75, 3.05) is 0 Å². The maximum absolute atomic E-state index is 8.85. The van der Waals surface area contributed by atoms with Gasteiger partial charge in [-0.2, -0.15) is 5.26 Å². The van der Waals surface area contributed by atoms with Crippen LogP contribution in [0.3, 0.4) is 0 Å². The number of hydrogen-bond donors (Lipinski definition) is 0. The van der Waals surface area contributed by atoms with Crippen LogP contribution < -0.4 is 0 Å². The number of aromatic nitrogens is 3. The lowest BCUT2D eigenvalue weighted by atomic mass is 10.2. The summed E-state index contributed by atoms with van der Waals surface area (Å²) in [5.41, 5.74) is 2.51. The van der Waals surface area contributed by atoms with Gasteiger partial charge in [0.1, 0.15) is 5.52 Å². The first-order valence-electron chi connectivity index (χ1n) is 5.60. The normalized spacial score (nSPS) is 15.2. The Morgan fingerprint density at radius 1 is 1.44 bits per heavy atom. The van der Waals surface area contributed by atoms with Gasteiger partial charge in [-0.1, -0.05) is 18.1 Å². The van der Waals surface area contributed by atoms with Crippen LogP contribution in [0.1, 0.15) is 24.8 Å². The molecule has 1 aliphatic rings. The van der Waals surface area contributed by atoms with Crippen LogP contribution in [0, 0.1) is 17.2 Å². The molecule has 1 aromatic heterocycles. The van der Waals surface area contributed by atoms with Gasteiger partial charge in [0.25, 0.3) is 0 Å². The molecule has 0 unspecified atom stereocenters. The predicted molar refractivity (Wildman–Crippen MR) is 59.6 cm³/mol. The lowest BCUT2D eigenvalue weighted by Crippen LogP contribution is -2.01. The van der Waals surface area contributed by atoms with Crippen LogP contribution in [0.4, 0.5) is 0 Å². The summed E-state index contributed by atoms with van der Waals surface area (Å²) < 4.78 is 1.91. The summed E-state index contributed by atoms with van der Waals surface area (Å²) in [7, 11) is 0. The van der Waals surface area contributed by atoms with E-state index in [1.165, 1.54) is 19.3 Å². The summed E-state index contributed by atoms with van der Waals surface area (Å²) >= 11 is 0.